The first-order valence-electron chi connectivity index (χ1n) is 7.97. The number of fused-ring (bicyclic) bond motifs is 1. The average molecular weight is 551 g/mol. The van der Waals surface area contributed by atoms with Gasteiger partial charge >= 0.3 is 5.97 Å². The van der Waals surface area contributed by atoms with Gasteiger partial charge in [0.05, 0.1) is 10.9 Å². The van der Waals surface area contributed by atoms with Crippen molar-refractivity contribution in [1.29, 1.82) is 0 Å². The Kier molecular flexibility index (Phi) is 5.21. The molecule has 4 rings (SSSR count). The number of furan rings is 1. The van der Waals surface area contributed by atoms with Crippen molar-refractivity contribution in [1.82, 2.24) is 0 Å². The van der Waals surface area contributed by atoms with Gasteiger partial charge in [-0.25, -0.2) is 4.79 Å². The van der Waals surface area contributed by atoms with E-state index in [1.807, 2.05) is 42.5 Å². The van der Waals surface area contributed by atoms with E-state index in [-0.39, 0.29) is 0 Å². The Morgan fingerprint density at radius 2 is 1.37 bits per heavy atom. The molecular formula is C21H11Br3O3. The zero-order valence-corrected chi connectivity index (χ0v) is 18.5. The Morgan fingerprint density at radius 1 is 0.778 bits per heavy atom. The molecule has 0 N–H and O–H groups in total. The molecule has 1 aromatic heterocycles. The molecule has 0 unspecified atom stereocenters. The van der Waals surface area contributed by atoms with Crippen molar-refractivity contribution >= 4 is 64.7 Å². The van der Waals surface area contributed by atoms with Crippen LogP contribution in [0.15, 0.2) is 84.6 Å². The zero-order chi connectivity index (χ0) is 19.0. The number of halogens is 3. The minimum absolute atomic E-state index is 0.404. The Balaban J connectivity index is 1.82. The van der Waals surface area contributed by atoms with Gasteiger partial charge in [0.1, 0.15) is 5.58 Å². The van der Waals surface area contributed by atoms with E-state index in [1.165, 1.54) is 0 Å². The predicted molar refractivity (Wildman–Crippen MR) is 116 cm³/mol. The zero-order valence-electron chi connectivity index (χ0n) is 13.7. The molecule has 0 saturated carbocycles. The van der Waals surface area contributed by atoms with Crippen molar-refractivity contribution in [2.24, 2.45) is 0 Å². The fraction of sp³-hybridized carbons (Fsp3) is 0. The van der Waals surface area contributed by atoms with Crippen LogP contribution < -0.4 is 4.74 Å². The van der Waals surface area contributed by atoms with Crippen molar-refractivity contribution in [3.05, 3.63) is 85.7 Å². The lowest BCUT2D eigenvalue weighted by atomic mass is 10.1. The molecule has 3 aromatic carbocycles. The first-order chi connectivity index (χ1) is 13.0. The van der Waals surface area contributed by atoms with E-state index in [0.717, 1.165) is 24.4 Å². The topological polar surface area (TPSA) is 39.4 Å². The van der Waals surface area contributed by atoms with Crippen molar-refractivity contribution < 1.29 is 13.9 Å². The molecule has 4 aromatic rings. The van der Waals surface area contributed by atoms with Crippen molar-refractivity contribution in [2.75, 3.05) is 0 Å². The molecule has 27 heavy (non-hydrogen) atoms. The van der Waals surface area contributed by atoms with E-state index in [9.17, 15) is 4.79 Å². The number of hydrogen-bond acceptors (Lipinski definition) is 3. The highest BCUT2D eigenvalue weighted by atomic mass is 79.9. The number of esters is 1. The summed E-state index contributed by atoms with van der Waals surface area (Å²) in [5.74, 6) is 0.478. The minimum atomic E-state index is -0.441. The highest BCUT2D eigenvalue weighted by Gasteiger charge is 2.21. The second kappa shape index (κ2) is 7.62. The summed E-state index contributed by atoms with van der Waals surface area (Å²) in [4.78, 5) is 12.7. The molecule has 0 saturated heterocycles. The number of ether oxygens (including phenoxy) is 1. The summed E-state index contributed by atoms with van der Waals surface area (Å²) >= 11 is 10.3. The monoisotopic (exact) mass is 548 g/mol. The molecule has 0 aliphatic rings. The highest BCUT2D eigenvalue weighted by molar-refractivity contribution is 9.11. The maximum absolute atomic E-state index is 12.7. The van der Waals surface area contributed by atoms with Gasteiger partial charge in [0.25, 0.3) is 0 Å². The summed E-state index contributed by atoms with van der Waals surface area (Å²) in [5, 5.41) is 0.729. The van der Waals surface area contributed by atoms with Gasteiger partial charge in [-0.2, -0.15) is 0 Å². The first-order valence-corrected chi connectivity index (χ1v) is 10.3. The molecule has 0 atom stereocenters. The summed E-state index contributed by atoms with van der Waals surface area (Å²) in [7, 11) is 0. The van der Waals surface area contributed by atoms with Crippen LogP contribution in [-0.2, 0) is 0 Å². The number of hydrogen-bond donors (Lipinski definition) is 0. The molecule has 0 bridgehead atoms. The molecule has 0 aliphatic heterocycles. The van der Waals surface area contributed by atoms with Crippen LogP contribution in [0.3, 0.4) is 0 Å². The van der Waals surface area contributed by atoms with Gasteiger partial charge in [-0.1, -0.05) is 47.8 Å². The van der Waals surface area contributed by atoms with E-state index in [0.29, 0.717) is 22.7 Å². The molecular weight excluding hydrogens is 540 g/mol. The van der Waals surface area contributed by atoms with Crippen LogP contribution in [-0.4, -0.2) is 5.97 Å². The fourth-order valence-electron chi connectivity index (χ4n) is 2.68. The quantitative estimate of drug-likeness (QED) is 0.246. The van der Waals surface area contributed by atoms with E-state index in [1.54, 1.807) is 24.3 Å². The molecule has 134 valence electrons. The molecule has 0 amide bonds. The Bertz CT molecular complexity index is 1130. The number of benzene rings is 3. The van der Waals surface area contributed by atoms with E-state index in [4.69, 9.17) is 9.15 Å². The summed E-state index contributed by atoms with van der Waals surface area (Å²) in [6, 6.07) is 20.3. The van der Waals surface area contributed by atoms with Crippen LogP contribution in [0.25, 0.3) is 22.3 Å². The Hall–Kier alpha value is -1.89. The molecule has 6 heteroatoms. The van der Waals surface area contributed by atoms with Crippen LogP contribution in [0, 0.1) is 0 Å². The Labute approximate surface area is 180 Å². The summed E-state index contributed by atoms with van der Waals surface area (Å²) < 4.78 is 14.5. The van der Waals surface area contributed by atoms with Crippen LogP contribution in [0.2, 0.25) is 0 Å². The number of rotatable bonds is 3. The molecule has 0 aliphatic carbocycles. The minimum Gasteiger partial charge on any atom is -0.452 e. The number of carbonyl (C=O) groups is 1. The maximum atomic E-state index is 12.7. The normalized spacial score (nSPS) is 10.9. The molecule has 0 spiro atoms. The second-order valence-electron chi connectivity index (χ2n) is 5.80. The van der Waals surface area contributed by atoms with Crippen LogP contribution in [0.5, 0.6) is 5.75 Å². The standard InChI is InChI=1S/C21H11Br3O3/c22-14-5-1-12(2-6-14)19-20(17-11-16(24)9-10-18(17)26-19)27-21(25)13-3-7-15(23)8-4-13/h1-11H. The molecule has 3 nitrogen and oxygen atoms in total. The summed E-state index contributed by atoms with van der Waals surface area (Å²) in [6.07, 6.45) is 0. The summed E-state index contributed by atoms with van der Waals surface area (Å²) in [6.45, 7) is 0. The van der Waals surface area contributed by atoms with Crippen molar-refractivity contribution in [3.63, 3.8) is 0 Å². The van der Waals surface area contributed by atoms with Crippen LogP contribution >= 0.6 is 47.8 Å². The van der Waals surface area contributed by atoms with E-state index >= 15 is 0 Å². The van der Waals surface area contributed by atoms with Crippen LogP contribution in [0.1, 0.15) is 10.4 Å². The van der Waals surface area contributed by atoms with Gasteiger partial charge in [0.15, 0.2) is 11.5 Å². The Morgan fingerprint density at radius 3 is 2.04 bits per heavy atom. The third kappa shape index (κ3) is 3.88. The molecule has 0 radical (unpaired) electrons. The third-order valence-corrected chi connectivity index (χ3v) is 5.54. The average Bonchev–Trinajstić information content (AvgIpc) is 3.00. The molecule has 1 heterocycles. The first kappa shape index (κ1) is 18.5. The van der Waals surface area contributed by atoms with Gasteiger partial charge in [0, 0.05) is 19.0 Å². The van der Waals surface area contributed by atoms with E-state index < -0.39 is 5.97 Å². The highest BCUT2D eigenvalue weighted by Crippen LogP contribution is 2.41. The largest absolute Gasteiger partial charge is 0.452 e. The van der Waals surface area contributed by atoms with E-state index in [2.05, 4.69) is 47.8 Å². The lowest BCUT2D eigenvalue weighted by Gasteiger charge is -2.06. The van der Waals surface area contributed by atoms with Gasteiger partial charge in [-0.05, 0) is 66.7 Å². The smallest absolute Gasteiger partial charge is 0.343 e. The maximum Gasteiger partial charge on any atom is 0.343 e. The summed E-state index contributed by atoms with van der Waals surface area (Å²) in [5.41, 5.74) is 1.93. The van der Waals surface area contributed by atoms with Crippen molar-refractivity contribution in [2.45, 2.75) is 0 Å². The third-order valence-electron chi connectivity index (χ3n) is 3.99. The van der Waals surface area contributed by atoms with Crippen molar-refractivity contribution in [3.8, 4) is 17.1 Å². The molecule has 0 fully saturated rings. The van der Waals surface area contributed by atoms with Crippen LogP contribution in [0.4, 0.5) is 0 Å². The lowest BCUT2D eigenvalue weighted by molar-refractivity contribution is 0.0736. The van der Waals surface area contributed by atoms with Gasteiger partial charge < -0.3 is 9.15 Å². The predicted octanol–water partition coefficient (Wildman–Crippen LogP) is 7.61. The second-order valence-corrected chi connectivity index (χ2v) is 8.55. The van der Waals surface area contributed by atoms with Gasteiger partial charge in [0.2, 0.25) is 0 Å². The van der Waals surface area contributed by atoms with Gasteiger partial charge in [-0.15, -0.1) is 0 Å². The van der Waals surface area contributed by atoms with Gasteiger partial charge in [-0.3, -0.25) is 0 Å². The number of carbonyl (C=O) groups excluding carboxylic acids is 1. The lowest BCUT2D eigenvalue weighted by Crippen LogP contribution is -2.08. The fourth-order valence-corrected chi connectivity index (χ4v) is 3.57. The SMILES string of the molecule is O=C(Oc1c(-c2ccc(Br)cc2)oc2ccc(Br)cc12)c1ccc(Br)cc1.